The Hall–Kier alpha value is -2.97. The van der Waals surface area contributed by atoms with Crippen LogP contribution in [-0.4, -0.2) is 19.5 Å². The molecule has 1 aromatic heterocycles. The molecule has 2 rings (SSSR count). The summed E-state index contributed by atoms with van der Waals surface area (Å²) < 4.78 is 1.00. The van der Waals surface area contributed by atoms with Crippen LogP contribution in [0.15, 0.2) is 29.1 Å². The molecule has 0 amide bonds. The van der Waals surface area contributed by atoms with Crippen LogP contribution in [-0.2, 0) is 0 Å². The summed E-state index contributed by atoms with van der Waals surface area (Å²) in [5.41, 5.74) is 10.3. The van der Waals surface area contributed by atoms with E-state index in [4.69, 9.17) is 11.5 Å². The van der Waals surface area contributed by atoms with Gasteiger partial charge < -0.3 is 11.5 Å². The van der Waals surface area contributed by atoms with Crippen LogP contribution in [0.25, 0.3) is 5.69 Å². The second-order valence-corrected chi connectivity index (χ2v) is 3.33. The molecule has 92 valence electrons. The first-order chi connectivity index (χ1) is 8.49. The van der Waals surface area contributed by atoms with Crippen molar-refractivity contribution in [1.29, 1.82) is 0 Å². The molecule has 0 unspecified atom stereocenters. The van der Waals surface area contributed by atoms with Crippen molar-refractivity contribution in [2.45, 2.75) is 0 Å². The average molecular weight is 248 g/mol. The van der Waals surface area contributed by atoms with Crippen LogP contribution in [0.1, 0.15) is 0 Å². The maximum atomic E-state index is 11.6. The highest BCUT2D eigenvalue weighted by Crippen LogP contribution is 2.15. The van der Waals surface area contributed by atoms with Gasteiger partial charge in [-0.1, -0.05) is 0 Å². The Kier molecular flexibility index (Phi) is 2.64. The van der Waals surface area contributed by atoms with Gasteiger partial charge in [-0.15, -0.1) is 0 Å². The van der Waals surface area contributed by atoms with E-state index >= 15 is 0 Å². The Labute approximate surface area is 99.9 Å². The van der Waals surface area contributed by atoms with Crippen molar-refractivity contribution >= 4 is 17.6 Å². The fourth-order valence-corrected chi connectivity index (χ4v) is 1.40. The number of nitrogen functional groups attached to an aromatic ring is 2. The zero-order chi connectivity index (χ0) is 13.3. The van der Waals surface area contributed by atoms with Crippen LogP contribution in [0.5, 0.6) is 0 Å². The van der Waals surface area contributed by atoms with Crippen molar-refractivity contribution in [3.63, 3.8) is 0 Å². The second-order valence-electron chi connectivity index (χ2n) is 3.33. The molecule has 0 saturated carbocycles. The summed E-state index contributed by atoms with van der Waals surface area (Å²) in [5.74, 6) is -0.364. The minimum absolute atomic E-state index is 0.0956. The predicted octanol–water partition coefficient (Wildman–Crippen LogP) is -0.300. The van der Waals surface area contributed by atoms with Crippen LogP contribution in [0.4, 0.5) is 17.6 Å². The Morgan fingerprint density at radius 3 is 2.28 bits per heavy atom. The maximum absolute atomic E-state index is 11.6. The maximum Gasteiger partial charge on any atom is 0.358 e. The monoisotopic (exact) mass is 248 g/mol. The number of nitro groups is 1. The predicted molar refractivity (Wildman–Crippen MR) is 63.1 cm³/mol. The topological polar surface area (TPSA) is 143 Å². The van der Waals surface area contributed by atoms with E-state index in [9.17, 15) is 14.9 Å². The number of hydrogen-bond donors (Lipinski definition) is 2. The van der Waals surface area contributed by atoms with Crippen LogP contribution in [0, 0.1) is 10.1 Å². The van der Waals surface area contributed by atoms with Crippen LogP contribution in [0.2, 0.25) is 0 Å². The third kappa shape index (κ3) is 1.96. The highest BCUT2D eigenvalue weighted by molar-refractivity contribution is 5.44. The molecule has 9 heteroatoms. The van der Waals surface area contributed by atoms with Gasteiger partial charge in [0.25, 0.3) is 5.69 Å². The lowest BCUT2D eigenvalue weighted by Gasteiger charge is -2.07. The zero-order valence-corrected chi connectivity index (χ0v) is 8.98. The van der Waals surface area contributed by atoms with E-state index in [-0.39, 0.29) is 17.6 Å². The van der Waals surface area contributed by atoms with E-state index < -0.39 is 10.6 Å². The largest absolute Gasteiger partial charge is 0.369 e. The summed E-state index contributed by atoms with van der Waals surface area (Å²) in [4.78, 5) is 28.6. The SMILES string of the molecule is Nc1nc(N)n(-c2ccc([N+](=O)[O-])cc2)c(=O)n1. The Balaban J connectivity index is 2.56. The molecule has 0 aliphatic heterocycles. The standard InChI is InChI=1S/C9H8N6O3/c10-7-12-8(11)14(9(16)13-7)5-1-3-6(4-2-5)15(17)18/h1-4H,(H4,10,11,12,13,16). The van der Waals surface area contributed by atoms with E-state index in [0.717, 1.165) is 4.57 Å². The molecule has 0 spiro atoms. The molecule has 4 N–H and O–H groups in total. The summed E-state index contributed by atoms with van der Waals surface area (Å²) in [7, 11) is 0. The van der Waals surface area contributed by atoms with Gasteiger partial charge in [0.05, 0.1) is 10.6 Å². The summed E-state index contributed by atoms with van der Waals surface area (Å²) in [6, 6.07) is 5.24. The molecule has 0 fully saturated rings. The highest BCUT2D eigenvalue weighted by atomic mass is 16.6. The van der Waals surface area contributed by atoms with Crippen molar-refractivity contribution in [3.05, 3.63) is 44.9 Å². The van der Waals surface area contributed by atoms with E-state index in [1.165, 1.54) is 24.3 Å². The molecule has 0 bridgehead atoms. The minimum Gasteiger partial charge on any atom is -0.369 e. The molecule has 1 heterocycles. The molecule has 0 aliphatic carbocycles. The number of hydrogen-bond acceptors (Lipinski definition) is 7. The number of aromatic nitrogens is 3. The van der Waals surface area contributed by atoms with Crippen molar-refractivity contribution in [2.24, 2.45) is 0 Å². The molecular formula is C9H8N6O3. The number of non-ortho nitro benzene ring substituents is 1. The van der Waals surface area contributed by atoms with E-state index in [1.807, 2.05) is 0 Å². The van der Waals surface area contributed by atoms with Gasteiger partial charge in [-0.25, -0.2) is 9.36 Å². The summed E-state index contributed by atoms with van der Waals surface area (Å²) in [6.45, 7) is 0. The fourth-order valence-electron chi connectivity index (χ4n) is 1.40. The summed E-state index contributed by atoms with van der Waals surface area (Å²) in [6.07, 6.45) is 0. The van der Waals surface area contributed by atoms with Gasteiger partial charge in [0.2, 0.25) is 11.9 Å². The lowest BCUT2D eigenvalue weighted by Crippen LogP contribution is -2.26. The molecule has 9 nitrogen and oxygen atoms in total. The number of rotatable bonds is 2. The lowest BCUT2D eigenvalue weighted by atomic mass is 10.3. The van der Waals surface area contributed by atoms with E-state index in [2.05, 4.69) is 9.97 Å². The third-order valence-corrected chi connectivity index (χ3v) is 2.18. The number of nitrogens with two attached hydrogens (primary N) is 2. The Morgan fingerprint density at radius 1 is 1.17 bits per heavy atom. The average Bonchev–Trinajstić information content (AvgIpc) is 2.28. The Bertz CT molecular complexity index is 663. The molecule has 1 aromatic carbocycles. The van der Waals surface area contributed by atoms with Gasteiger partial charge in [-0.05, 0) is 12.1 Å². The molecule has 0 aliphatic rings. The summed E-state index contributed by atoms with van der Waals surface area (Å²) >= 11 is 0. The van der Waals surface area contributed by atoms with Gasteiger partial charge in [-0.3, -0.25) is 10.1 Å². The van der Waals surface area contributed by atoms with Crippen molar-refractivity contribution in [2.75, 3.05) is 11.5 Å². The van der Waals surface area contributed by atoms with E-state index in [1.54, 1.807) is 0 Å². The zero-order valence-electron chi connectivity index (χ0n) is 8.98. The smallest absolute Gasteiger partial charge is 0.358 e. The number of anilines is 2. The first-order valence-electron chi connectivity index (χ1n) is 4.76. The van der Waals surface area contributed by atoms with Gasteiger partial charge in [0, 0.05) is 12.1 Å². The molecule has 0 atom stereocenters. The van der Waals surface area contributed by atoms with Crippen molar-refractivity contribution in [1.82, 2.24) is 14.5 Å². The fraction of sp³-hybridized carbons (Fsp3) is 0. The van der Waals surface area contributed by atoms with Gasteiger partial charge in [0.15, 0.2) is 0 Å². The number of nitro benzene ring substituents is 1. The first-order valence-corrected chi connectivity index (χ1v) is 4.76. The van der Waals surface area contributed by atoms with Crippen LogP contribution < -0.4 is 17.2 Å². The molecular weight excluding hydrogens is 240 g/mol. The number of benzene rings is 1. The second kappa shape index (κ2) is 4.13. The molecule has 2 aromatic rings. The lowest BCUT2D eigenvalue weighted by molar-refractivity contribution is -0.384. The molecule has 18 heavy (non-hydrogen) atoms. The van der Waals surface area contributed by atoms with E-state index in [0.29, 0.717) is 5.69 Å². The van der Waals surface area contributed by atoms with Crippen molar-refractivity contribution < 1.29 is 4.92 Å². The third-order valence-electron chi connectivity index (χ3n) is 2.18. The van der Waals surface area contributed by atoms with Crippen molar-refractivity contribution in [3.8, 4) is 5.69 Å². The Morgan fingerprint density at radius 2 is 1.78 bits per heavy atom. The van der Waals surface area contributed by atoms with Gasteiger partial charge >= 0.3 is 5.69 Å². The minimum atomic E-state index is -0.700. The summed E-state index contributed by atoms with van der Waals surface area (Å²) in [5, 5.41) is 10.5. The number of nitrogens with zero attached hydrogens (tertiary/aromatic N) is 4. The first kappa shape index (κ1) is 11.5. The molecule has 0 radical (unpaired) electrons. The van der Waals surface area contributed by atoms with Gasteiger partial charge in [0.1, 0.15) is 0 Å². The normalized spacial score (nSPS) is 10.2. The van der Waals surface area contributed by atoms with Crippen LogP contribution in [0.3, 0.4) is 0 Å². The van der Waals surface area contributed by atoms with Gasteiger partial charge in [-0.2, -0.15) is 9.97 Å². The molecule has 0 saturated heterocycles. The highest BCUT2D eigenvalue weighted by Gasteiger charge is 2.10. The quantitative estimate of drug-likeness (QED) is 0.548. The van der Waals surface area contributed by atoms with Crippen LogP contribution >= 0.6 is 0 Å².